The van der Waals surface area contributed by atoms with Crippen LogP contribution >= 0.6 is 15.9 Å². The van der Waals surface area contributed by atoms with Crippen molar-refractivity contribution in [1.29, 1.82) is 0 Å². The summed E-state index contributed by atoms with van der Waals surface area (Å²) in [5, 5.41) is 0. The van der Waals surface area contributed by atoms with Gasteiger partial charge in [0, 0.05) is 0 Å². The van der Waals surface area contributed by atoms with Gasteiger partial charge in [0.2, 0.25) is 0 Å². The van der Waals surface area contributed by atoms with E-state index in [9.17, 15) is 0 Å². The van der Waals surface area contributed by atoms with Crippen LogP contribution in [0.2, 0.25) is 0 Å². The molecule has 0 bridgehead atoms. The molecule has 0 radical (unpaired) electrons. The molecule has 0 saturated heterocycles. The minimum Gasteiger partial charge on any atom is -0.493 e. The Labute approximate surface area is 120 Å². The number of nitrogens with two attached hydrogens (primary N) is 1. The maximum absolute atomic E-state index is 6.23. The summed E-state index contributed by atoms with van der Waals surface area (Å²) in [6, 6.07) is 7.13. The first-order valence-corrected chi connectivity index (χ1v) is 6.59. The molecule has 2 rings (SSSR count). The Morgan fingerprint density at radius 3 is 2.32 bits per heavy atom. The quantitative estimate of drug-likeness (QED) is 0.935. The molecule has 1 aromatic carbocycles. The van der Waals surface area contributed by atoms with Crippen LogP contribution < -0.4 is 15.2 Å². The second-order valence-corrected chi connectivity index (χ2v) is 4.96. The Kier molecular flexibility index (Phi) is 4.17. The minimum absolute atomic E-state index is 0.342. The van der Waals surface area contributed by atoms with Crippen molar-refractivity contribution < 1.29 is 13.9 Å². The van der Waals surface area contributed by atoms with E-state index in [0.717, 1.165) is 11.1 Å². The van der Waals surface area contributed by atoms with E-state index < -0.39 is 0 Å². The minimum atomic E-state index is -0.342. The van der Waals surface area contributed by atoms with Crippen LogP contribution in [0.15, 0.2) is 33.4 Å². The van der Waals surface area contributed by atoms with E-state index in [1.807, 2.05) is 31.2 Å². The van der Waals surface area contributed by atoms with Crippen LogP contribution in [0.5, 0.6) is 11.5 Å². The molecular formula is C14H16BrNO3. The molecule has 1 atom stereocenters. The number of hydrogen-bond donors (Lipinski definition) is 1. The third-order valence-corrected chi connectivity index (χ3v) is 3.43. The van der Waals surface area contributed by atoms with Crippen molar-refractivity contribution in [3.63, 3.8) is 0 Å². The van der Waals surface area contributed by atoms with Crippen molar-refractivity contribution in [3.8, 4) is 11.5 Å². The summed E-state index contributed by atoms with van der Waals surface area (Å²) in [7, 11) is 3.21. The standard InChI is InChI=1S/C14H16BrNO3/c1-8-6-11(17-2)12(18-3)7-9(8)14(16)10-4-5-13(15)19-10/h4-7,14H,16H2,1-3H3. The molecule has 0 aliphatic heterocycles. The summed E-state index contributed by atoms with van der Waals surface area (Å²) in [5.74, 6) is 2.04. The lowest BCUT2D eigenvalue weighted by atomic mass is 9.99. The highest BCUT2D eigenvalue weighted by molar-refractivity contribution is 9.10. The second-order valence-electron chi connectivity index (χ2n) is 4.18. The smallest absolute Gasteiger partial charge is 0.169 e. The van der Waals surface area contributed by atoms with Crippen LogP contribution in [0.4, 0.5) is 0 Å². The predicted octanol–water partition coefficient (Wildman–Crippen LogP) is 3.42. The summed E-state index contributed by atoms with van der Waals surface area (Å²) < 4.78 is 16.7. The van der Waals surface area contributed by atoms with E-state index in [1.165, 1.54) is 0 Å². The number of benzene rings is 1. The highest BCUT2D eigenvalue weighted by Gasteiger charge is 2.18. The molecule has 2 aromatic rings. The number of halogens is 1. The van der Waals surface area contributed by atoms with Gasteiger partial charge in [-0.05, 0) is 58.2 Å². The van der Waals surface area contributed by atoms with E-state index in [0.29, 0.717) is 21.9 Å². The van der Waals surface area contributed by atoms with E-state index in [-0.39, 0.29) is 6.04 Å². The van der Waals surface area contributed by atoms with Gasteiger partial charge in [0.25, 0.3) is 0 Å². The number of methoxy groups -OCH3 is 2. The Bertz CT molecular complexity index is 580. The first kappa shape index (κ1) is 14.0. The first-order chi connectivity index (χ1) is 9.06. The number of rotatable bonds is 4. The predicted molar refractivity (Wildman–Crippen MR) is 76.7 cm³/mol. The molecule has 19 heavy (non-hydrogen) atoms. The zero-order valence-electron chi connectivity index (χ0n) is 11.1. The van der Waals surface area contributed by atoms with Crippen molar-refractivity contribution in [1.82, 2.24) is 0 Å². The van der Waals surface area contributed by atoms with E-state index in [1.54, 1.807) is 14.2 Å². The lowest BCUT2D eigenvalue weighted by Gasteiger charge is -2.16. The topological polar surface area (TPSA) is 57.6 Å². The summed E-state index contributed by atoms with van der Waals surface area (Å²) in [6.45, 7) is 1.98. The normalized spacial score (nSPS) is 12.3. The number of aryl methyl sites for hydroxylation is 1. The molecule has 1 unspecified atom stereocenters. The van der Waals surface area contributed by atoms with Crippen molar-refractivity contribution in [3.05, 3.63) is 45.8 Å². The maximum Gasteiger partial charge on any atom is 0.169 e. The van der Waals surface area contributed by atoms with Gasteiger partial charge in [0.1, 0.15) is 5.76 Å². The fourth-order valence-electron chi connectivity index (χ4n) is 1.98. The molecule has 0 spiro atoms. The average molecular weight is 326 g/mol. The van der Waals surface area contributed by atoms with Crippen LogP contribution in [0.1, 0.15) is 22.9 Å². The van der Waals surface area contributed by atoms with Gasteiger partial charge < -0.3 is 19.6 Å². The van der Waals surface area contributed by atoms with Crippen LogP contribution in [-0.2, 0) is 0 Å². The zero-order chi connectivity index (χ0) is 14.0. The van der Waals surface area contributed by atoms with Gasteiger partial charge in [-0.3, -0.25) is 0 Å². The molecular weight excluding hydrogens is 310 g/mol. The Morgan fingerprint density at radius 1 is 1.16 bits per heavy atom. The lowest BCUT2D eigenvalue weighted by molar-refractivity contribution is 0.353. The van der Waals surface area contributed by atoms with Crippen molar-refractivity contribution in [2.24, 2.45) is 5.73 Å². The van der Waals surface area contributed by atoms with Crippen molar-refractivity contribution in [2.75, 3.05) is 14.2 Å². The van der Waals surface area contributed by atoms with Crippen molar-refractivity contribution >= 4 is 15.9 Å². The molecule has 0 amide bonds. The Morgan fingerprint density at radius 2 is 1.79 bits per heavy atom. The molecule has 0 fully saturated rings. The fraction of sp³-hybridized carbons (Fsp3) is 0.286. The van der Waals surface area contributed by atoms with Gasteiger partial charge in [0.05, 0.1) is 20.3 Å². The lowest BCUT2D eigenvalue weighted by Crippen LogP contribution is -2.13. The first-order valence-electron chi connectivity index (χ1n) is 5.80. The highest BCUT2D eigenvalue weighted by atomic mass is 79.9. The zero-order valence-corrected chi connectivity index (χ0v) is 12.7. The molecule has 102 valence electrons. The van der Waals surface area contributed by atoms with Gasteiger partial charge in [-0.25, -0.2) is 0 Å². The van der Waals surface area contributed by atoms with Gasteiger partial charge >= 0.3 is 0 Å². The summed E-state index contributed by atoms with van der Waals surface area (Å²) in [6.07, 6.45) is 0. The summed E-state index contributed by atoms with van der Waals surface area (Å²) in [5.41, 5.74) is 8.20. The maximum atomic E-state index is 6.23. The molecule has 0 aliphatic rings. The van der Waals surface area contributed by atoms with Gasteiger partial charge in [-0.2, -0.15) is 0 Å². The molecule has 1 heterocycles. The third-order valence-electron chi connectivity index (χ3n) is 3.01. The van der Waals surface area contributed by atoms with Crippen LogP contribution in [-0.4, -0.2) is 14.2 Å². The number of ether oxygens (including phenoxy) is 2. The number of hydrogen-bond acceptors (Lipinski definition) is 4. The molecule has 1 aromatic heterocycles. The van der Waals surface area contributed by atoms with Gasteiger partial charge in [-0.15, -0.1) is 0 Å². The molecule has 5 heteroatoms. The molecule has 0 aliphatic carbocycles. The van der Waals surface area contributed by atoms with E-state index in [4.69, 9.17) is 19.6 Å². The van der Waals surface area contributed by atoms with Crippen LogP contribution in [0.3, 0.4) is 0 Å². The van der Waals surface area contributed by atoms with Crippen LogP contribution in [0.25, 0.3) is 0 Å². The fourth-order valence-corrected chi connectivity index (χ4v) is 2.30. The summed E-state index contributed by atoms with van der Waals surface area (Å²) >= 11 is 3.28. The summed E-state index contributed by atoms with van der Waals surface area (Å²) in [4.78, 5) is 0. The van der Waals surface area contributed by atoms with Crippen molar-refractivity contribution in [2.45, 2.75) is 13.0 Å². The second kappa shape index (κ2) is 5.67. The molecule has 2 N–H and O–H groups in total. The van der Waals surface area contributed by atoms with Gasteiger partial charge in [-0.1, -0.05) is 0 Å². The van der Waals surface area contributed by atoms with E-state index in [2.05, 4.69) is 15.9 Å². The van der Waals surface area contributed by atoms with E-state index >= 15 is 0 Å². The SMILES string of the molecule is COc1cc(C)c(C(N)c2ccc(Br)o2)cc1OC. The third kappa shape index (κ3) is 2.77. The highest BCUT2D eigenvalue weighted by Crippen LogP contribution is 2.34. The van der Waals surface area contributed by atoms with Gasteiger partial charge in [0.15, 0.2) is 16.2 Å². The van der Waals surface area contributed by atoms with Crippen LogP contribution in [0, 0.1) is 6.92 Å². The Balaban J connectivity index is 2.44. The monoisotopic (exact) mass is 325 g/mol. The molecule has 0 saturated carbocycles. The Hall–Kier alpha value is -1.46. The molecule has 4 nitrogen and oxygen atoms in total. The number of furan rings is 1. The largest absolute Gasteiger partial charge is 0.493 e. The average Bonchev–Trinajstić information content (AvgIpc) is 2.84.